The van der Waals surface area contributed by atoms with Crippen LogP contribution in [0.15, 0.2) is 30.3 Å². The zero-order chi connectivity index (χ0) is 11.7. The van der Waals surface area contributed by atoms with Crippen molar-refractivity contribution in [3.63, 3.8) is 0 Å². The second-order valence-electron chi connectivity index (χ2n) is 4.26. The topological polar surface area (TPSA) is 55.9 Å². The molecule has 4 nitrogen and oxygen atoms in total. The first-order valence-electron chi connectivity index (χ1n) is 5.96. The average Bonchev–Trinajstić information content (AvgIpc) is 2.94. The van der Waals surface area contributed by atoms with Crippen molar-refractivity contribution >= 4 is 0 Å². The Morgan fingerprint density at radius 2 is 2.06 bits per heavy atom. The Hall–Kier alpha value is -1.65. The molecule has 0 unspecified atom stereocenters. The number of benzene rings is 1. The molecule has 88 valence electrons. The first kappa shape index (κ1) is 10.5. The van der Waals surface area contributed by atoms with Gasteiger partial charge in [0.15, 0.2) is 0 Å². The van der Waals surface area contributed by atoms with Crippen LogP contribution in [-0.4, -0.2) is 16.3 Å². The van der Waals surface area contributed by atoms with Gasteiger partial charge in [0.2, 0.25) is 0 Å². The van der Waals surface area contributed by atoms with E-state index >= 15 is 0 Å². The van der Waals surface area contributed by atoms with Gasteiger partial charge in [-0.25, -0.2) is 4.68 Å². The number of hydrogen-bond donors (Lipinski definition) is 2. The number of para-hydroxylation sites is 1. The summed E-state index contributed by atoms with van der Waals surface area (Å²) in [4.78, 5) is 0. The highest BCUT2D eigenvalue weighted by molar-refractivity contribution is 5.39. The van der Waals surface area contributed by atoms with Crippen molar-refractivity contribution in [1.82, 2.24) is 15.1 Å². The van der Waals surface area contributed by atoms with Gasteiger partial charge >= 0.3 is 0 Å². The number of nitrogens with zero attached hydrogens (tertiary/aromatic N) is 2. The van der Waals surface area contributed by atoms with E-state index in [1.807, 2.05) is 22.9 Å². The zero-order valence-corrected chi connectivity index (χ0v) is 9.69. The molecule has 2 aromatic rings. The predicted octanol–water partition coefficient (Wildman–Crippen LogP) is 0.977. The molecule has 0 spiro atoms. The van der Waals surface area contributed by atoms with Crippen LogP contribution in [-0.2, 0) is 19.5 Å². The van der Waals surface area contributed by atoms with Crippen LogP contribution >= 0.6 is 0 Å². The van der Waals surface area contributed by atoms with Gasteiger partial charge in [-0.05, 0) is 18.7 Å². The fourth-order valence-electron chi connectivity index (χ4n) is 2.35. The Balaban J connectivity index is 2.09. The minimum atomic E-state index is 0.651. The highest BCUT2D eigenvalue weighted by Crippen LogP contribution is 2.23. The van der Waals surface area contributed by atoms with E-state index in [9.17, 15) is 0 Å². The maximum atomic E-state index is 5.63. The van der Waals surface area contributed by atoms with Gasteiger partial charge in [0.05, 0.1) is 17.1 Å². The van der Waals surface area contributed by atoms with Crippen molar-refractivity contribution in [2.45, 2.75) is 19.5 Å². The first-order valence-corrected chi connectivity index (χ1v) is 5.96. The third-order valence-corrected chi connectivity index (χ3v) is 3.15. The molecule has 0 saturated heterocycles. The highest BCUT2D eigenvalue weighted by atomic mass is 15.3. The van der Waals surface area contributed by atoms with Crippen LogP contribution < -0.4 is 11.1 Å². The van der Waals surface area contributed by atoms with Crippen LogP contribution in [0.1, 0.15) is 17.0 Å². The minimum Gasteiger partial charge on any atom is -0.330 e. The van der Waals surface area contributed by atoms with E-state index in [4.69, 9.17) is 5.73 Å². The lowest BCUT2D eigenvalue weighted by Crippen LogP contribution is -2.10. The summed E-state index contributed by atoms with van der Waals surface area (Å²) in [6.45, 7) is 2.46. The molecule has 3 N–H and O–H groups in total. The van der Waals surface area contributed by atoms with Crippen molar-refractivity contribution in [1.29, 1.82) is 0 Å². The molecule has 3 rings (SSSR count). The van der Waals surface area contributed by atoms with Crippen LogP contribution in [0.5, 0.6) is 0 Å². The lowest BCUT2D eigenvalue weighted by molar-refractivity contribution is 0.695. The molecule has 0 atom stereocenters. The van der Waals surface area contributed by atoms with E-state index in [-0.39, 0.29) is 0 Å². The van der Waals surface area contributed by atoms with Gasteiger partial charge in [-0.3, -0.25) is 0 Å². The third kappa shape index (κ3) is 1.75. The molecule has 0 fully saturated rings. The Bertz CT molecular complexity index is 516. The molecular formula is C13H16N4. The molecule has 0 saturated carbocycles. The summed E-state index contributed by atoms with van der Waals surface area (Å²) in [7, 11) is 0. The van der Waals surface area contributed by atoms with Gasteiger partial charge in [-0.1, -0.05) is 18.2 Å². The molecule has 0 radical (unpaired) electrons. The molecule has 1 aromatic heterocycles. The van der Waals surface area contributed by atoms with E-state index in [1.54, 1.807) is 0 Å². The Morgan fingerprint density at radius 1 is 1.24 bits per heavy atom. The van der Waals surface area contributed by atoms with E-state index in [0.29, 0.717) is 6.54 Å². The summed E-state index contributed by atoms with van der Waals surface area (Å²) in [6.07, 6.45) is 0.851. The monoisotopic (exact) mass is 228 g/mol. The van der Waals surface area contributed by atoms with Crippen molar-refractivity contribution in [3.05, 3.63) is 47.3 Å². The molecule has 17 heavy (non-hydrogen) atoms. The van der Waals surface area contributed by atoms with E-state index in [2.05, 4.69) is 22.5 Å². The van der Waals surface area contributed by atoms with Gasteiger partial charge in [0, 0.05) is 25.1 Å². The lowest BCUT2D eigenvalue weighted by atomic mass is 10.1. The van der Waals surface area contributed by atoms with Crippen LogP contribution in [0.4, 0.5) is 0 Å². The molecule has 0 amide bonds. The van der Waals surface area contributed by atoms with Crippen LogP contribution in [0, 0.1) is 0 Å². The SMILES string of the molecule is NCCc1nn(-c2ccccc2)c2c1CNC2. The van der Waals surface area contributed by atoms with Crippen LogP contribution in [0.2, 0.25) is 0 Å². The molecule has 4 heteroatoms. The Labute approximate surface area is 100 Å². The summed E-state index contributed by atoms with van der Waals surface area (Å²) in [6, 6.07) is 10.3. The van der Waals surface area contributed by atoms with E-state index in [1.165, 1.54) is 11.3 Å². The highest BCUT2D eigenvalue weighted by Gasteiger charge is 2.21. The smallest absolute Gasteiger partial charge is 0.0690 e. The maximum Gasteiger partial charge on any atom is 0.0690 e. The number of hydrogen-bond acceptors (Lipinski definition) is 3. The van der Waals surface area contributed by atoms with Gasteiger partial charge in [-0.2, -0.15) is 5.10 Å². The Kier molecular flexibility index (Phi) is 2.66. The molecule has 0 aliphatic carbocycles. The van der Waals surface area contributed by atoms with E-state index < -0.39 is 0 Å². The Morgan fingerprint density at radius 3 is 2.82 bits per heavy atom. The van der Waals surface area contributed by atoms with Crippen molar-refractivity contribution < 1.29 is 0 Å². The zero-order valence-electron chi connectivity index (χ0n) is 9.69. The lowest BCUT2D eigenvalue weighted by Gasteiger charge is -2.04. The van der Waals surface area contributed by atoms with Gasteiger partial charge in [0.25, 0.3) is 0 Å². The number of rotatable bonds is 3. The van der Waals surface area contributed by atoms with Crippen molar-refractivity contribution in [3.8, 4) is 5.69 Å². The molecule has 1 aromatic carbocycles. The summed E-state index contributed by atoms with van der Waals surface area (Å²) in [5.41, 5.74) is 10.5. The first-order chi connectivity index (χ1) is 8.40. The van der Waals surface area contributed by atoms with Crippen LogP contribution in [0.25, 0.3) is 5.69 Å². The normalized spacial score (nSPS) is 13.9. The second-order valence-corrected chi connectivity index (χ2v) is 4.26. The van der Waals surface area contributed by atoms with E-state index in [0.717, 1.165) is 30.9 Å². The fraction of sp³-hybridized carbons (Fsp3) is 0.308. The molecular weight excluding hydrogens is 212 g/mol. The summed E-state index contributed by atoms with van der Waals surface area (Å²) in [5.74, 6) is 0. The minimum absolute atomic E-state index is 0.651. The number of aromatic nitrogens is 2. The third-order valence-electron chi connectivity index (χ3n) is 3.15. The summed E-state index contributed by atoms with van der Waals surface area (Å²) < 4.78 is 2.04. The maximum absolute atomic E-state index is 5.63. The quantitative estimate of drug-likeness (QED) is 0.823. The number of nitrogens with two attached hydrogens (primary N) is 1. The second kappa shape index (κ2) is 4.31. The van der Waals surface area contributed by atoms with Gasteiger partial charge < -0.3 is 11.1 Å². The largest absolute Gasteiger partial charge is 0.330 e. The van der Waals surface area contributed by atoms with Gasteiger partial charge in [-0.15, -0.1) is 0 Å². The molecule has 1 aliphatic heterocycles. The standard InChI is InChI=1S/C13H16N4/c14-7-6-12-11-8-15-9-13(11)17(16-12)10-4-2-1-3-5-10/h1-5,15H,6-9,14H2. The van der Waals surface area contributed by atoms with Gasteiger partial charge in [0.1, 0.15) is 0 Å². The van der Waals surface area contributed by atoms with Crippen molar-refractivity contribution in [2.75, 3.05) is 6.54 Å². The molecule has 1 aliphatic rings. The summed E-state index contributed by atoms with van der Waals surface area (Å²) >= 11 is 0. The van der Waals surface area contributed by atoms with Crippen molar-refractivity contribution in [2.24, 2.45) is 5.73 Å². The predicted molar refractivity (Wildman–Crippen MR) is 66.9 cm³/mol. The number of nitrogens with one attached hydrogen (secondary N) is 1. The molecule has 2 heterocycles. The fourth-order valence-corrected chi connectivity index (χ4v) is 2.35. The average molecular weight is 228 g/mol. The summed E-state index contributed by atoms with van der Waals surface area (Å²) in [5, 5.41) is 8.06. The molecule has 0 bridgehead atoms. The van der Waals surface area contributed by atoms with Crippen LogP contribution in [0.3, 0.4) is 0 Å². The number of fused-ring (bicyclic) bond motifs is 1.